The largest absolute Gasteiger partial charge is 0.454 e. The van der Waals surface area contributed by atoms with E-state index in [1.54, 1.807) is 12.3 Å². The molecular formula is C23H21BrN4O3. The summed E-state index contributed by atoms with van der Waals surface area (Å²) >= 11 is 3.39. The average Bonchev–Trinajstić information content (AvgIpc) is 3.31. The molecule has 2 aliphatic carbocycles. The van der Waals surface area contributed by atoms with Crippen molar-refractivity contribution < 1.29 is 14.3 Å². The van der Waals surface area contributed by atoms with E-state index in [0.29, 0.717) is 22.8 Å². The highest BCUT2D eigenvalue weighted by molar-refractivity contribution is 9.10. The molecule has 1 fully saturated rings. The summed E-state index contributed by atoms with van der Waals surface area (Å²) in [5.41, 5.74) is 1.74. The topological polar surface area (TPSA) is 86.2 Å². The zero-order chi connectivity index (χ0) is 21.6. The normalized spacial score (nSPS) is 26.8. The number of ether oxygens (including phenoxy) is 2. The molecule has 2 atom stereocenters. The summed E-state index contributed by atoms with van der Waals surface area (Å²) in [6.07, 6.45) is 3.27. The third-order valence-corrected chi connectivity index (χ3v) is 8.36. The zero-order valence-corrected chi connectivity index (χ0v) is 19.0. The van der Waals surface area contributed by atoms with Crippen molar-refractivity contribution in [2.45, 2.75) is 44.4 Å². The Kier molecular flexibility index (Phi) is 3.64. The first-order valence-corrected chi connectivity index (χ1v) is 11.1. The van der Waals surface area contributed by atoms with Gasteiger partial charge in [0.2, 0.25) is 12.7 Å². The Bertz CT molecular complexity index is 1280. The van der Waals surface area contributed by atoms with Crippen molar-refractivity contribution in [3.63, 3.8) is 0 Å². The van der Waals surface area contributed by atoms with Gasteiger partial charge in [0.15, 0.2) is 11.5 Å². The number of hydrogen-bond acceptors (Lipinski definition) is 6. The Hall–Kier alpha value is -2.74. The van der Waals surface area contributed by atoms with Crippen molar-refractivity contribution in [1.29, 1.82) is 0 Å². The number of aromatic nitrogens is 3. The van der Waals surface area contributed by atoms with Gasteiger partial charge < -0.3 is 14.8 Å². The molecule has 1 aliphatic heterocycles. The average molecular weight is 481 g/mol. The third kappa shape index (κ3) is 2.23. The van der Waals surface area contributed by atoms with Crippen LogP contribution in [0.15, 0.2) is 34.9 Å². The van der Waals surface area contributed by atoms with Crippen LogP contribution in [0.5, 0.6) is 11.5 Å². The number of rotatable bonds is 2. The Balaban J connectivity index is 1.53. The molecule has 31 heavy (non-hydrogen) atoms. The standard InChI is InChI=1S/C23H21BrN4O3/c1-21(2)22(3)6-7-23(21,20(29)28-17-5-4-12(24)10-25-17)19-18(22)26-13-8-15-16(31-11-30-15)9-14(13)27-19/h4-5,8-10H,6-7,11H2,1-3H3,(H,25,28,29). The summed E-state index contributed by atoms with van der Waals surface area (Å²) in [5.74, 6) is 1.79. The van der Waals surface area contributed by atoms with Crippen LogP contribution in [-0.4, -0.2) is 27.7 Å². The first-order valence-electron chi connectivity index (χ1n) is 10.3. The Morgan fingerprint density at radius 1 is 1.03 bits per heavy atom. The van der Waals surface area contributed by atoms with Crippen LogP contribution in [0.1, 0.15) is 45.0 Å². The second-order valence-corrected chi connectivity index (χ2v) is 10.2. The summed E-state index contributed by atoms with van der Waals surface area (Å²) in [4.78, 5) is 28.2. The smallest absolute Gasteiger partial charge is 0.238 e. The van der Waals surface area contributed by atoms with Gasteiger partial charge in [-0.2, -0.15) is 0 Å². The highest BCUT2D eigenvalue weighted by Gasteiger charge is 2.73. The third-order valence-electron chi connectivity index (χ3n) is 7.89. The van der Waals surface area contributed by atoms with Crippen LogP contribution in [0.2, 0.25) is 0 Å². The molecule has 2 bridgehead atoms. The first-order chi connectivity index (χ1) is 14.8. The van der Waals surface area contributed by atoms with Crippen LogP contribution in [0, 0.1) is 5.41 Å². The summed E-state index contributed by atoms with van der Waals surface area (Å²) in [6, 6.07) is 7.39. The molecule has 1 aromatic carbocycles. The van der Waals surface area contributed by atoms with E-state index >= 15 is 0 Å². The molecular weight excluding hydrogens is 460 g/mol. The molecule has 6 rings (SSSR count). The minimum Gasteiger partial charge on any atom is -0.454 e. The number of carbonyl (C=O) groups is 1. The van der Waals surface area contributed by atoms with E-state index in [-0.39, 0.29) is 23.5 Å². The number of fused-ring (bicyclic) bond motifs is 7. The van der Waals surface area contributed by atoms with E-state index in [2.05, 4.69) is 47.0 Å². The molecule has 2 aromatic heterocycles. The molecule has 158 valence electrons. The highest BCUT2D eigenvalue weighted by atomic mass is 79.9. The van der Waals surface area contributed by atoms with Gasteiger partial charge in [0.1, 0.15) is 5.82 Å². The number of carbonyl (C=O) groups excluding carboxylic acids is 1. The summed E-state index contributed by atoms with van der Waals surface area (Å²) in [7, 11) is 0. The predicted octanol–water partition coefficient (Wildman–Crippen LogP) is 4.48. The van der Waals surface area contributed by atoms with E-state index in [4.69, 9.17) is 19.4 Å². The van der Waals surface area contributed by atoms with Crippen molar-refractivity contribution in [2.24, 2.45) is 5.41 Å². The summed E-state index contributed by atoms with van der Waals surface area (Å²) < 4.78 is 11.9. The van der Waals surface area contributed by atoms with Crippen LogP contribution >= 0.6 is 15.9 Å². The Morgan fingerprint density at radius 2 is 1.71 bits per heavy atom. The van der Waals surface area contributed by atoms with E-state index in [9.17, 15) is 4.79 Å². The number of pyridine rings is 1. The molecule has 3 aromatic rings. The van der Waals surface area contributed by atoms with Gasteiger partial charge in [-0.05, 0) is 46.3 Å². The van der Waals surface area contributed by atoms with Gasteiger partial charge in [0.25, 0.3) is 0 Å². The van der Waals surface area contributed by atoms with Crippen LogP contribution < -0.4 is 14.8 Å². The zero-order valence-electron chi connectivity index (χ0n) is 17.5. The van der Waals surface area contributed by atoms with Gasteiger partial charge >= 0.3 is 0 Å². The van der Waals surface area contributed by atoms with E-state index in [1.165, 1.54) is 0 Å². The summed E-state index contributed by atoms with van der Waals surface area (Å²) in [5, 5.41) is 3.05. The van der Waals surface area contributed by atoms with Gasteiger partial charge in [-0.15, -0.1) is 0 Å². The van der Waals surface area contributed by atoms with Crippen LogP contribution in [0.3, 0.4) is 0 Å². The maximum absolute atomic E-state index is 13.8. The second kappa shape index (κ2) is 5.94. The fraction of sp³-hybridized carbons (Fsp3) is 0.391. The molecule has 2 unspecified atom stereocenters. The number of nitrogens with zero attached hydrogens (tertiary/aromatic N) is 3. The number of anilines is 1. The molecule has 0 spiro atoms. The lowest BCUT2D eigenvalue weighted by Crippen LogP contribution is -2.48. The van der Waals surface area contributed by atoms with Crippen molar-refractivity contribution in [3.8, 4) is 11.5 Å². The van der Waals surface area contributed by atoms with Gasteiger partial charge in [0, 0.05) is 28.2 Å². The number of halogens is 1. The van der Waals surface area contributed by atoms with Gasteiger partial charge in [0.05, 0.1) is 27.8 Å². The SMILES string of the molecule is CC12CCC(C(=O)Nc3ccc(Br)cn3)(c3nc4cc5c(cc4nc31)OCO5)C2(C)C. The number of amides is 1. The van der Waals surface area contributed by atoms with Crippen LogP contribution in [0.4, 0.5) is 5.82 Å². The molecule has 3 heterocycles. The molecule has 1 N–H and O–H groups in total. The molecule has 7 nitrogen and oxygen atoms in total. The molecule has 0 radical (unpaired) electrons. The number of benzene rings is 1. The maximum Gasteiger partial charge on any atom is 0.238 e. The van der Waals surface area contributed by atoms with E-state index in [1.807, 2.05) is 18.2 Å². The fourth-order valence-corrected chi connectivity index (χ4v) is 5.90. The van der Waals surface area contributed by atoms with Crippen molar-refractivity contribution in [3.05, 3.63) is 46.3 Å². The molecule has 1 saturated carbocycles. The Labute approximate surface area is 187 Å². The molecule has 0 saturated heterocycles. The van der Waals surface area contributed by atoms with E-state index in [0.717, 1.165) is 34.2 Å². The van der Waals surface area contributed by atoms with Gasteiger partial charge in [-0.25, -0.2) is 15.0 Å². The highest BCUT2D eigenvalue weighted by Crippen LogP contribution is 2.70. The predicted molar refractivity (Wildman–Crippen MR) is 118 cm³/mol. The van der Waals surface area contributed by atoms with Crippen molar-refractivity contribution in [2.75, 3.05) is 12.1 Å². The summed E-state index contributed by atoms with van der Waals surface area (Å²) in [6.45, 7) is 6.73. The van der Waals surface area contributed by atoms with Gasteiger partial charge in [-0.3, -0.25) is 4.79 Å². The number of nitrogens with one attached hydrogen (secondary N) is 1. The van der Waals surface area contributed by atoms with Crippen LogP contribution in [-0.2, 0) is 15.6 Å². The Morgan fingerprint density at radius 3 is 2.35 bits per heavy atom. The quantitative estimate of drug-likeness (QED) is 0.581. The number of hydrogen-bond donors (Lipinski definition) is 1. The second-order valence-electron chi connectivity index (χ2n) is 9.29. The minimum absolute atomic E-state index is 0.0795. The van der Waals surface area contributed by atoms with E-state index < -0.39 is 5.41 Å². The van der Waals surface area contributed by atoms with Crippen molar-refractivity contribution in [1.82, 2.24) is 15.0 Å². The fourth-order valence-electron chi connectivity index (χ4n) is 5.67. The van der Waals surface area contributed by atoms with Gasteiger partial charge in [-0.1, -0.05) is 20.8 Å². The maximum atomic E-state index is 13.8. The lowest BCUT2D eigenvalue weighted by molar-refractivity contribution is -0.125. The molecule has 3 aliphatic rings. The first kappa shape index (κ1) is 19.0. The lowest BCUT2D eigenvalue weighted by atomic mass is 9.63. The minimum atomic E-state index is -0.788. The molecule has 8 heteroatoms. The monoisotopic (exact) mass is 480 g/mol. The van der Waals surface area contributed by atoms with Crippen LogP contribution in [0.25, 0.3) is 11.0 Å². The van der Waals surface area contributed by atoms with Crippen molar-refractivity contribution >= 4 is 38.7 Å². The molecule has 1 amide bonds. The lowest BCUT2D eigenvalue weighted by Gasteiger charge is -2.39.